The molecule has 1 aliphatic heterocycles. The summed E-state index contributed by atoms with van der Waals surface area (Å²) >= 11 is 0. The van der Waals surface area contributed by atoms with Gasteiger partial charge in [-0.1, -0.05) is 6.92 Å². The van der Waals surface area contributed by atoms with Crippen LogP contribution < -0.4 is 5.32 Å². The highest BCUT2D eigenvalue weighted by Crippen LogP contribution is 2.19. The molecule has 1 heterocycles. The molecule has 0 spiro atoms. The number of hydrogen-bond donors (Lipinski definition) is 1. The summed E-state index contributed by atoms with van der Waals surface area (Å²) in [6, 6.07) is 9.65. The second-order valence-corrected chi connectivity index (χ2v) is 5.19. The summed E-state index contributed by atoms with van der Waals surface area (Å²) in [5, 5.41) is 11.9. The van der Waals surface area contributed by atoms with Crippen molar-refractivity contribution < 1.29 is 4.79 Å². The van der Waals surface area contributed by atoms with E-state index in [0.717, 1.165) is 31.5 Å². The molecule has 1 aromatic carbocycles. The fourth-order valence-electron chi connectivity index (χ4n) is 2.70. The summed E-state index contributed by atoms with van der Waals surface area (Å²) in [7, 11) is 0. The van der Waals surface area contributed by atoms with E-state index in [1.807, 2.05) is 17.0 Å². The summed E-state index contributed by atoms with van der Waals surface area (Å²) in [6.07, 6.45) is 4.49. The summed E-state index contributed by atoms with van der Waals surface area (Å²) < 4.78 is 0. The van der Waals surface area contributed by atoms with Gasteiger partial charge < -0.3 is 10.2 Å². The zero-order valence-corrected chi connectivity index (χ0v) is 11.9. The SMILES string of the molecule is CCC1CCCCN1C(=O)CNc1ccc(C#N)cc1. The molecule has 2 rings (SSSR count). The lowest BCUT2D eigenvalue weighted by Gasteiger charge is -2.35. The number of carbonyl (C=O) groups is 1. The highest BCUT2D eigenvalue weighted by atomic mass is 16.2. The quantitative estimate of drug-likeness (QED) is 0.916. The number of piperidine rings is 1. The average molecular weight is 271 g/mol. The van der Waals surface area contributed by atoms with Crippen LogP contribution in [0.3, 0.4) is 0 Å². The maximum absolute atomic E-state index is 12.3. The molecule has 0 aromatic heterocycles. The van der Waals surface area contributed by atoms with Crippen LogP contribution in [0, 0.1) is 11.3 Å². The van der Waals surface area contributed by atoms with E-state index in [1.165, 1.54) is 6.42 Å². The van der Waals surface area contributed by atoms with Crippen LogP contribution >= 0.6 is 0 Å². The van der Waals surface area contributed by atoms with Crippen molar-refractivity contribution in [1.29, 1.82) is 5.26 Å². The molecule has 1 amide bonds. The Labute approximate surface area is 120 Å². The van der Waals surface area contributed by atoms with Crippen LogP contribution in [0.15, 0.2) is 24.3 Å². The fraction of sp³-hybridized carbons (Fsp3) is 0.500. The van der Waals surface area contributed by atoms with Crippen molar-refractivity contribution in [3.05, 3.63) is 29.8 Å². The van der Waals surface area contributed by atoms with Crippen LogP contribution in [0.4, 0.5) is 5.69 Å². The van der Waals surface area contributed by atoms with Crippen molar-refractivity contribution in [3.63, 3.8) is 0 Å². The number of nitrogens with zero attached hydrogens (tertiary/aromatic N) is 2. The lowest BCUT2D eigenvalue weighted by atomic mass is 10.00. The number of amides is 1. The zero-order valence-electron chi connectivity index (χ0n) is 11.9. The van der Waals surface area contributed by atoms with E-state index in [4.69, 9.17) is 5.26 Å². The van der Waals surface area contributed by atoms with Crippen molar-refractivity contribution >= 4 is 11.6 Å². The van der Waals surface area contributed by atoms with Crippen molar-refractivity contribution in [2.75, 3.05) is 18.4 Å². The first-order chi connectivity index (χ1) is 9.74. The molecule has 1 saturated heterocycles. The van der Waals surface area contributed by atoms with Crippen LogP contribution in [0.1, 0.15) is 38.2 Å². The predicted molar refractivity (Wildman–Crippen MR) is 79.3 cm³/mol. The third-order valence-electron chi connectivity index (χ3n) is 3.88. The standard InChI is InChI=1S/C16H21N3O/c1-2-15-5-3-4-10-19(15)16(20)12-18-14-8-6-13(11-17)7-9-14/h6-9,15,18H,2-5,10,12H2,1H3. The van der Waals surface area contributed by atoms with Crippen LogP contribution in [-0.2, 0) is 4.79 Å². The van der Waals surface area contributed by atoms with E-state index < -0.39 is 0 Å². The largest absolute Gasteiger partial charge is 0.376 e. The van der Waals surface area contributed by atoms with Gasteiger partial charge in [0.1, 0.15) is 0 Å². The molecule has 4 nitrogen and oxygen atoms in total. The monoisotopic (exact) mass is 271 g/mol. The Morgan fingerprint density at radius 2 is 2.15 bits per heavy atom. The molecule has 1 N–H and O–H groups in total. The molecule has 0 aliphatic carbocycles. The Bertz CT molecular complexity index is 489. The molecular formula is C16H21N3O. The van der Waals surface area contributed by atoms with Crippen molar-refractivity contribution in [2.45, 2.75) is 38.6 Å². The number of carbonyl (C=O) groups excluding carboxylic acids is 1. The van der Waals surface area contributed by atoms with E-state index in [0.29, 0.717) is 18.2 Å². The maximum Gasteiger partial charge on any atom is 0.242 e. The van der Waals surface area contributed by atoms with Crippen LogP contribution in [0.5, 0.6) is 0 Å². The minimum Gasteiger partial charge on any atom is -0.376 e. The Kier molecular flexibility index (Phi) is 5.00. The fourth-order valence-corrected chi connectivity index (χ4v) is 2.70. The maximum atomic E-state index is 12.3. The number of hydrogen-bond acceptors (Lipinski definition) is 3. The molecule has 1 atom stereocenters. The second-order valence-electron chi connectivity index (χ2n) is 5.19. The second kappa shape index (κ2) is 6.95. The number of rotatable bonds is 4. The number of nitrogens with one attached hydrogen (secondary N) is 1. The lowest BCUT2D eigenvalue weighted by molar-refractivity contribution is -0.133. The van der Waals surface area contributed by atoms with Gasteiger partial charge in [0.15, 0.2) is 0 Å². The normalized spacial score (nSPS) is 18.4. The molecule has 0 saturated carbocycles. The summed E-state index contributed by atoms with van der Waals surface area (Å²) in [6.45, 7) is 3.35. The third kappa shape index (κ3) is 3.51. The van der Waals surface area contributed by atoms with Gasteiger partial charge in [-0.3, -0.25) is 4.79 Å². The zero-order chi connectivity index (χ0) is 14.4. The molecule has 1 aliphatic rings. The molecule has 1 fully saturated rings. The van der Waals surface area contributed by atoms with Crippen molar-refractivity contribution in [2.24, 2.45) is 0 Å². The molecule has 20 heavy (non-hydrogen) atoms. The minimum atomic E-state index is 0.168. The Morgan fingerprint density at radius 1 is 1.40 bits per heavy atom. The Balaban J connectivity index is 1.89. The molecule has 106 valence electrons. The van der Waals surface area contributed by atoms with Gasteiger partial charge in [-0.2, -0.15) is 5.26 Å². The third-order valence-corrected chi connectivity index (χ3v) is 3.88. The first kappa shape index (κ1) is 14.4. The van der Waals surface area contributed by atoms with Gasteiger partial charge in [-0.25, -0.2) is 0 Å². The smallest absolute Gasteiger partial charge is 0.242 e. The molecular weight excluding hydrogens is 250 g/mol. The predicted octanol–water partition coefficient (Wildman–Crippen LogP) is 2.76. The molecule has 0 radical (unpaired) electrons. The first-order valence-corrected chi connectivity index (χ1v) is 7.28. The Morgan fingerprint density at radius 3 is 2.80 bits per heavy atom. The van der Waals surface area contributed by atoms with Crippen molar-refractivity contribution in [3.8, 4) is 6.07 Å². The van der Waals surface area contributed by atoms with Crippen LogP contribution in [-0.4, -0.2) is 29.9 Å². The molecule has 1 aromatic rings. The molecule has 4 heteroatoms. The van der Waals surface area contributed by atoms with Gasteiger partial charge in [0.05, 0.1) is 18.2 Å². The van der Waals surface area contributed by atoms with E-state index in [-0.39, 0.29) is 5.91 Å². The van der Waals surface area contributed by atoms with Crippen LogP contribution in [0.2, 0.25) is 0 Å². The number of likely N-dealkylation sites (tertiary alicyclic amines) is 1. The van der Waals surface area contributed by atoms with Crippen LogP contribution in [0.25, 0.3) is 0 Å². The molecule has 1 unspecified atom stereocenters. The van der Waals surface area contributed by atoms with Gasteiger partial charge in [0.2, 0.25) is 5.91 Å². The Hall–Kier alpha value is -2.02. The van der Waals surface area contributed by atoms with Gasteiger partial charge >= 0.3 is 0 Å². The summed E-state index contributed by atoms with van der Waals surface area (Å²) in [4.78, 5) is 14.3. The number of nitriles is 1. The highest BCUT2D eigenvalue weighted by Gasteiger charge is 2.24. The topological polar surface area (TPSA) is 56.1 Å². The van der Waals surface area contributed by atoms with E-state index in [2.05, 4.69) is 18.3 Å². The van der Waals surface area contributed by atoms with Gasteiger partial charge in [-0.15, -0.1) is 0 Å². The van der Waals surface area contributed by atoms with Gasteiger partial charge in [0, 0.05) is 18.3 Å². The highest BCUT2D eigenvalue weighted by molar-refractivity contribution is 5.81. The van der Waals surface area contributed by atoms with Gasteiger partial charge in [-0.05, 0) is 49.9 Å². The van der Waals surface area contributed by atoms with Gasteiger partial charge in [0.25, 0.3) is 0 Å². The number of benzene rings is 1. The van der Waals surface area contributed by atoms with E-state index >= 15 is 0 Å². The van der Waals surface area contributed by atoms with Crippen molar-refractivity contribution in [1.82, 2.24) is 4.90 Å². The van der Waals surface area contributed by atoms with E-state index in [9.17, 15) is 4.79 Å². The average Bonchev–Trinajstić information content (AvgIpc) is 2.53. The molecule has 0 bridgehead atoms. The summed E-state index contributed by atoms with van der Waals surface area (Å²) in [5.41, 5.74) is 1.51. The van der Waals surface area contributed by atoms with E-state index in [1.54, 1.807) is 12.1 Å². The number of anilines is 1. The lowest BCUT2D eigenvalue weighted by Crippen LogP contribution is -2.45. The minimum absolute atomic E-state index is 0.168. The first-order valence-electron chi connectivity index (χ1n) is 7.28. The summed E-state index contributed by atoms with van der Waals surface area (Å²) in [5.74, 6) is 0.168.